The predicted molar refractivity (Wildman–Crippen MR) is 113 cm³/mol. The van der Waals surface area contributed by atoms with E-state index in [1.807, 2.05) is 0 Å². The molecule has 7 heteroatoms. The van der Waals surface area contributed by atoms with Crippen LogP contribution in [-0.4, -0.2) is 63.7 Å². The number of methoxy groups -OCH3 is 1. The highest BCUT2D eigenvalue weighted by Gasteiger charge is 2.36. The monoisotopic (exact) mass is 466 g/mol. The summed E-state index contributed by atoms with van der Waals surface area (Å²) < 4.78 is 5.27. The smallest absolute Gasteiger partial charge is 0.243 e. The molecule has 0 aromatic carbocycles. The van der Waals surface area contributed by atoms with Crippen LogP contribution in [0.4, 0.5) is 0 Å². The molecule has 2 N–H and O–H groups in total. The van der Waals surface area contributed by atoms with Gasteiger partial charge in [-0.25, -0.2) is 4.99 Å². The number of nitrogens with zero attached hydrogens (tertiary/aromatic N) is 2. The van der Waals surface area contributed by atoms with Gasteiger partial charge in [0, 0.05) is 40.4 Å². The number of carbonyl (C=O) groups is 1. The Morgan fingerprint density at radius 2 is 1.92 bits per heavy atom. The molecule has 0 heterocycles. The number of halogens is 1. The van der Waals surface area contributed by atoms with Crippen molar-refractivity contribution in [3.8, 4) is 0 Å². The number of carbonyl (C=O) groups excluding carboxylic acids is 1. The van der Waals surface area contributed by atoms with Crippen LogP contribution in [0.15, 0.2) is 4.99 Å². The molecule has 2 rings (SSSR count). The van der Waals surface area contributed by atoms with Crippen LogP contribution in [-0.2, 0) is 9.53 Å². The number of rotatable bonds is 8. The molecule has 0 aromatic rings. The highest BCUT2D eigenvalue weighted by Crippen LogP contribution is 2.43. The lowest BCUT2D eigenvalue weighted by Crippen LogP contribution is -2.49. The number of ether oxygens (including phenoxy) is 1. The summed E-state index contributed by atoms with van der Waals surface area (Å²) >= 11 is 0. The highest BCUT2D eigenvalue weighted by atomic mass is 127. The van der Waals surface area contributed by atoms with E-state index in [4.69, 9.17) is 4.74 Å². The number of guanidine groups is 1. The summed E-state index contributed by atoms with van der Waals surface area (Å²) in [5, 5.41) is 7.03. The van der Waals surface area contributed by atoms with E-state index in [1.54, 1.807) is 26.1 Å². The normalized spacial score (nSPS) is 19.7. The van der Waals surface area contributed by atoms with Gasteiger partial charge < -0.3 is 20.3 Å². The lowest BCUT2D eigenvalue weighted by atomic mass is 9.67. The van der Waals surface area contributed by atoms with E-state index in [1.165, 1.54) is 44.9 Å². The second kappa shape index (κ2) is 11.2. The van der Waals surface area contributed by atoms with E-state index in [0.29, 0.717) is 11.5 Å². The van der Waals surface area contributed by atoms with Gasteiger partial charge in [0.15, 0.2) is 5.96 Å². The van der Waals surface area contributed by atoms with E-state index in [9.17, 15) is 4.79 Å². The highest BCUT2D eigenvalue weighted by molar-refractivity contribution is 14.0. The maximum atomic E-state index is 11.8. The molecular weight excluding hydrogens is 431 g/mol. The first-order valence-corrected chi connectivity index (χ1v) is 9.29. The predicted octanol–water partition coefficient (Wildman–Crippen LogP) is 2.38. The Bertz CT molecular complexity index is 433. The molecule has 0 saturated heterocycles. The zero-order chi connectivity index (χ0) is 17.4. The summed E-state index contributed by atoms with van der Waals surface area (Å²) in [6.07, 6.45) is 9.82. The molecule has 2 saturated carbocycles. The minimum Gasteiger partial charge on any atom is -0.385 e. The number of amides is 1. The van der Waals surface area contributed by atoms with Gasteiger partial charge in [0.25, 0.3) is 0 Å². The van der Waals surface area contributed by atoms with Gasteiger partial charge in [-0.15, -0.1) is 24.0 Å². The van der Waals surface area contributed by atoms with E-state index in [0.717, 1.165) is 25.5 Å². The zero-order valence-electron chi connectivity index (χ0n) is 16.0. The van der Waals surface area contributed by atoms with Crippen molar-refractivity contribution < 1.29 is 9.53 Å². The lowest BCUT2D eigenvalue weighted by molar-refractivity contribution is -0.127. The van der Waals surface area contributed by atoms with E-state index in [2.05, 4.69) is 15.6 Å². The van der Waals surface area contributed by atoms with Crippen molar-refractivity contribution in [2.45, 2.75) is 57.4 Å². The molecule has 146 valence electrons. The number of hydrogen-bond donors (Lipinski definition) is 2. The molecule has 0 unspecified atom stereocenters. The fourth-order valence-electron chi connectivity index (χ4n) is 3.49. The maximum Gasteiger partial charge on any atom is 0.243 e. The Morgan fingerprint density at radius 3 is 2.44 bits per heavy atom. The molecule has 0 radical (unpaired) electrons. The van der Waals surface area contributed by atoms with Gasteiger partial charge in [0.2, 0.25) is 5.91 Å². The third kappa shape index (κ3) is 7.29. The lowest BCUT2D eigenvalue weighted by Gasteiger charge is -2.42. The topological polar surface area (TPSA) is 66.0 Å². The van der Waals surface area contributed by atoms with Crippen molar-refractivity contribution in [1.29, 1.82) is 0 Å². The van der Waals surface area contributed by atoms with Crippen LogP contribution >= 0.6 is 24.0 Å². The first-order valence-electron chi connectivity index (χ1n) is 9.29. The van der Waals surface area contributed by atoms with Crippen LogP contribution in [0.25, 0.3) is 0 Å². The second-order valence-corrected chi connectivity index (χ2v) is 7.53. The number of likely N-dealkylation sites (N-methyl/N-ethyl adjacent to an activating group) is 1. The molecule has 6 nitrogen and oxygen atoms in total. The quantitative estimate of drug-likeness (QED) is 0.328. The minimum absolute atomic E-state index is 0. The summed E-state index contributed by atoms with van der Waals surface area (Å²) in [4.78, 5) is 17.9. The summed E-state index contributed by atoms with van der Waals surface area (Å²) in [6, 6.07) is 0.488. The standard InChI is InChI=1S/C18H34N4O2.HI/c1-22(2)16(23)13-19-17(21-15-7-4-5-8-15)20-14-18(9-6-10-18)11-12-24-3;/h15H,4-14H2,1-3H3,(H2,19,20,21);1H. The molecule has 0 atom stereocenters. The van der Waals surface area contributed by atoms with Crippen molar-refractivity contribution in [2.75, 3.05) is 40.9 Å². The van der Waals surface area contributed by atoms with Crippen molar-refractivity contribution in [3.63, 3.8) is 0 Å². The molecule has 25 heavy (non-hydrogen) atoms. The molecule has 1 amide bonds. The van der Waals surface area contributed by atoms with Crippen LogP contribution in [0.5, 0.6) is 0 Å². The Hall–Kier alpha value is -0.570. The molecule has 0 aromatic heterocycles. The first-order chi connectivity index (χ1) is 11.5. The largest absolute Gasteiger partial charge is 0.385 e. The van der Waals surface area contributed by atoms with Crippen LogP contribution < -0.4 is 10.6 Å². The van der Waals surface area contributed by atoms with Crippen molar-refractivity contribution in [3.05, 3.63) is 0 Å². The zero-order valence-corrected chi connectivity index (χ0v) is 18.3. The maximum absolute atomic E-state index is 11.8. The molecule has 0 aliphatic heterocycles. The molecule has 2 aliphatic carbocycles. The van der Waals surface area contributed by atoms with Gasteiger partial charge in [0.05, 0.1) is 0 Å². The number of nitrogens with one attached hydrogen (secondary N) is 2. The Balaban J connectivity index is 0.00000312. The fourth-order valence-corrected chi connectivity index (χ4v) is 3.49. The van der Waals surface area contributed by atoms with Crippen LogP contribution in [0.3, 0.4) is 0 Å². The van der Waals surface area contributed by atoms with E-state index in [-0.39, 0.29) is 36.4 Å². The summed E-state index contributed by atoms with van der Waals surface area (Å²) in [6.45, 7) is 1.91. The first kappa shape index (κ1) is 22.5. The van der Waals surface area contributed by atoms with E-state index >= 15 is 0 Å². The minimum atomic E-state index is 0. The van der Waals surface area contributed by atoms with Crippen molar-refractivity contribution in [1.82, 2.24) is 15.5 Å². The van der Waals surface area contributed by atoms with Gasteiger partial charge in [-0.2, -0.15) is 0 Å². The summed E-state index contributed by atoms with van der Waals surface area (Å²) in [5.41, 5.74) is 0.333. The third-order valence-electron chi connectivity index (χ3n) is 5.45. The Morgan fingerprint density at radius 1 is 1.24 bits per heavy atom. The SMILES string of the molecule is COCCC1(CNC(=NCC(=O)N(C)C)NC2CCCC2)CCC1.I. The van der Waals surface area contributed by atoms with Gasteiger partial charge in [-0.3, -0.25) is 4.79 Å². The molecule has 0 bridgehead atoms. The Labute approximate surface area is 169 Å². The van der Waals surface area contributed by atoms with Gasteiger partial charge in [-0.05, 0) is 37.5 Å². The molecule has 2 fully saturated rings. The number of hydrogen-bond acceptors (Lipinski definition) is 3. The average Bonchev–Trinajstić information content (AvgIpc) is 3.03. The Kier molecular flexibility index (Phi) is 10.1. The van der Waals surface area contributed by atoms with Gasteiger partial charge in [-0.1, -0.05) is 19.3 Å². The fraction of sp³-hybridized carbons (Fsp3) is 0.889. The van der Waals surface area contributed by atoms with Gasteiger partial charge >= 0.3 is 0 Å². The van der Waals surface area contributed by atoms with Crippen LogP contribution in [0.1, 0.15) is 51.4 Å². The van der Waals surface area contributed by atoms with Crippen LogP contribution in [0.2, 0.25) is 0 Å². The average molecular weight is 466 g/mol. The summed E-state index contributed by atoms with van der Waals surface area (Å²) in [7, 11) is 5.30. The van der Waals surface area contributed by atoms with Crippen molar-refractivity contribution in [2.24, 2.45) is 10.4 Å². The molecule has 0 spiro atoms. The third-order valence-corrected chi connectivity index (χ3v) is 5.45. The number of aliphatic imine (C=N–C) groups is 1. The second-order valence-electron chi connectivity index (χ2n) is 7.53. The van der Waals surface area contributed by atoms with Crippen LogP contribution in [0, 0.1) is 5.41 Å². The summed E-state index contributed by atoms with van der Waals surface area (Å²) in [5.74, 6) is 0.820. The van der Waals surface area contributed by atoms with Gasteiger partial charge in [0.1, 0.15) is 6.54 Å². The molecular formula is C18H35IN4O2. The van der Waals surface area contributed by atoms with Crippen molar-refractivity contribution >= 4 is 35.8 Å². The molecule has 2 aliphatic rings. The van der Waals surface area contributed by atoms with E-state index < -0.39 is 0 Å².